The van der Waals surface area contributed by atoms with Crippen LogP contribution in [0.25, 0.3) is 0 Å². The van der Waals surface area contributed by atoms with E-state index in [-0.39, 0.29) is 36.5 Å². The van der Waals surface area contributed by atoms with Crippen LogP contribution < -0.4 is 0 Å². The molecule has 0 bridgehead atoms. The summed E-state index contributed by atoms with van der Waals surface area (Å²) in [4.78, 5) is 0. The molecule has 4 nitrogen and oxygen atoms in total. The number of rotatable bonds is 16. The van der Waals surface area contributed by atoms with E-state index in [9.17, 15) is 4.57 Å². The fourth-order valence-electron chi connectivity index (χ4n) is 1.21. The number of phosphoric acid groups is 1. The molecule has 0 saturated heterocycles. The van der Waals surface area contributed by atoms with Gasteiger partial charge in [-0.3, -0.25) is 13.6 Å². The number of halogens is 8. The molecule has 0 heterocycles. The minimum Gasteiger partial charge on any atom is -0.286 e. The van der Waals surface area contributed by atoms with Gasteiger partial charge in [0.05, 0.1) is 25.2 Å². The summed E-state index contributed by atoms with van der Waals surface area (Å²) in [5, 5.41) is 3.37. The number of hydrogen-bond donors (Lipinski definition) is 0. The topological polar surface area (TPSA) is 44.8 Å². The van der Waals surface area contributed by atoms with E-state index in [4.69, 9.17) is 36.8 Å². The lowest BCUT2D eigenvalue weighted by atomic mass is 9.98. The molecule has 0 aromatic rings. The molecule has 0 aliphatic heterocycles. The molecule has 13 heteroatoms. The minimum absolute atomic E-state index is 0.0315. The lowest BCUT2D eigenvalue weighted by Crippen LogP contribution is -2.34. The molecular formula is C13H21Br6Cl2O4P. The highest BCUT2D eigenvalue weighted by Crippen LogP contribution is 2.52. The second-order valence-corrected chi connectivity index (χ2v) is 11.8. The normalized spacial score (nSPS) is 14.6. The number of phosphoric ester groups is 1. The lowest BCUT2D eigenvalue weighted by Gasteiger charge is -2.32. The van der Waals surface area contributed by atoms with Crippen molar-refractivity contribution in [1.29, 1.82) is 0 Å². The first-order valence-electron chi connectivity index (χ1n) is 7.33. The van der Waals surface area contributed by atoms with Crippen molar-refractivity contribution >= 4 is 127 Å². The fourth-order valence-corrected chi connectivity index (χ4v) is 9.44. The molecule has 0 rings (SSSR count). The molecule has 0 aliphatic rings. The third kappa shape index (κ3) is 10.3. The molecule has 0 aromatic carbocycles. The smallest absolute Gasteiger partial charge is 0.286 e. The summed E-state index contributed by atoms with van der Waals surface area (Å²) >= 11 is 32.5. The average Bonchev–Trinajstić information content (AvgIpc) is 2.69. The van der Waals surface area contributed by atoms with Gasteiger partial charge in [0, 0.05) is 48.7 Å². The zero-order chi connectivity index (χ0) is 20.3. The molecule has 0 N–H and O–H groups in total. The van der Waals surface area contributed by atoms with Crippen LogP contribution in [0, 0.1) is 10.8 Å². The van der Waals surface area contributed by atoms with Crippen molar-refractivity contribution < 1.29 is 18.1 Å². The van der Waals surface area contributed by atoms with Crippen molar-refractivity contribution in [2.45, 2.75) is 5.38 Å². The van der Waals surface area contributed by atoms with Crippen LogP contribution in [0.15, 0.2) is 0 Å². The van der Waals surface area contributed by atoms with Crippen LogP contribution >= 0.6 is 127 Å². The standard InChI is InChI=1S/C13H21Br6Cl2O4P/c14-3-12(4-15,5-16)9-24-26(22,23-2-11(21)1-20)25-10-13(6-17,7-18)8-19/h11H,1-10H2. The van der Waals surface area contributed by atoms with Crippen LogP contribution in [0.3, 0.4) is 0 Å². The molecule has 26 heavy (non-hydrogen) atoms. The van der Waals surface area contributed by atoms with Crippen LogP contribution in [0.2, 0.25) is 0 Å². The highest BCUT2D eigenvalue weighted by Gasteiger charge is 2.38. The third-order valence-corrected chi connectivity index (χ3v) is 12.6. The number of hydrogen-bond acceptors (Lipinski definition) is 4. The van der Waals surface area contributed by atoms with Gasteiger partial charge in [-0.2, -0.15) is 0 Å². The second-order valence-electron chi connectivity index (χ2n) is 5.84. The molecule has 0 fully saturated rings. The monoisotopic (exact) mass is 816 g/mol. The van der Waals surface area contributed by atoms with E-state index < -0.39 is 13.2 Å². The average molecular weight is 823 g/mol. The summed E-state index contributed by atoms with van der Waals surface area (Å²) < 4.78 is 29.9. The van der Waals surface area contributed by atoms with Gasteiger partial charge in [0.25, 0.3) is 0 Å². The summed E-state index contributed by atoms with van der Waals surface area (Å²) in [7, 11) is -3.83. The van der Waals surface area contributed by atoms with E-state index in [2.05, 4.69) is 95.6 Å². The lowest BCUT2D eigenvalue weighted by molar-refractivity contribution is 0.0729. The maximum Gasteiger partial charge on any atom is 0.474 e. The van der Waals surface area contributed by atoms with Crippen LogP contribution in [0.1, 0.15) is 0 Å². The third-order valence-electron chi connectivity index (χ3n) is 3.34. The Bertz CT molecular complexity index is 385. The van der Waals surface area contributed by atoms with Crippen molar-refractivity contribution in [3.8, 4) is 0 Å². The van der Waals surface area contributed by atoms with Gasteiger partial charge in [-0.25, -0.2) is 4.57 Å². The van der Waals surface area contributed by atoms with Gasteiger partial charge < -0.3 is 0 Å². The first-order chi connectivity index (χ1) is 12.2. The van der Waals surface area contributed by atoms with Crippen LogP contribution in [-0.2, 0) is 18.1 Å². The summed E-state index contributed by atoms with van der Waals surface area (Å²) in [6.07, 6.45) is 0. The van der Waals surface area contributed by atoms with E-state index in [0.29, 0.717) is 32.0 Å². The van der Waals surface area contributed by atoms with E-state index >= 15 is 0 Å². The SMILES string of the molecule is O=P(OCC(Cl)CCl)(OCC(CBr)(CBr)CBr)OCC(CBr)(CBr)CBr. The Kier molecular flexibility index (Phi) is 17.5. The maximum atomic E-state index is 13.2. The Morgan fingerprint density at radius 3 is 1.38 bits per heavy atom. The predicted molar refractivity (Wildman–Crippen MR) is 133 cm³/mol. The van der Waals surface area contributed by atoms with Crippen LogP contribution in [-0.4, -0.2) is 63.1 Å². The van der Waals surface area contributed by atoms with Gasteiger partial charge in [0.1, 0.15) is 0 Å². The Labute approximate surface area is 216 Å². The van der Waals surface area contributed by atoms with Gasteiger partial charge in [-0.05, 0) is 0 Å². The zero-order valence-electron chi connectivity index (χ0n) is 13.8. The molecule has 158 valence electrons. The zero-order valence-corrected chi connectivity index (χ0v) is 25.7. The van der Waals surface area contributed by atoms with Gasteiger partial charge in [-0.1, -0.05) is 95.6 Å². The van der Waals surface area contributed by atoms with E-state index in [0.717, 1.165) is 0 Å². The Hall–Kier alpha value is 3.57. The molecule has 0 aliphatic carbocycles. The second kappa shape index (κ2) is 15.4. The number of alkyl halides is 8. The first kappa shape index (κ1) is 29.6. The van der Waals surface area contributed by atoms with Crippen molar-refractivity contribution in [2.24, 2.45) is 10.8 Å². The first-order valence-corrected chi connectivity index (χ1v) is 16.5. The van der Waals surface area contributed by atoms with Gasteiger partial charge >= 0.3 is 7.82 Å². The predicted octanol–water partition coefficient (Wildman–Crippen LogP) is 7.33. The van der Waals surface area contributed by atoms with E-state index in [1.165, 1.54) is 0 Å². The highest BCUT2D eigenvalue weighted by atomic mass is 79.9. The van der Waals surface area contributed by atoms with Gasteiger partial charge in [0.15, 0.2) is 0 Å². The Morgan fingerprint density at radius 2 is 1.12 bits per heavy atom. The van der Waals surface area contributed by atoms with Crippen LogP contribution in [0.5, 0.6) is 0 Å². The molecule has 0 radical (unpaired) electrons. The highest BCUT2D eigenvalue weighted by molar-refractivity contribution is 9.10. The van der Waals surface area contributed by atoms with Crippen LogP contribution in [0.4, 0.5) is 0 Å². The van der Waals surface area contributed by atoms with Gasteiger partial charge in [-0.15, -0.1) is 23.2 Å². The molecule has 0 saturated carbocycles. The van der Waals surface area contributed by atoms with E-state index in [1.54, 1.807) is 0 Å². The summed E-state index contributed by atoms with van der Waals surface area (Å²) in [6.45, 7) is 0.309. The largest absolute Gasteiger partial charge is 0.474 e. The molecule has 0 aromatic heterocycles. The summed E-state index contributed by atoms with van der Waals surface area (Å²) in [6, 6.07) is 0. The summed E-state index contributed by atoms with van der Waals surface area (Å²) in [5.41, 5.74) is -0.598. The fraction of sp³-hybridized carbons (Fsp3) is 1.00. The van der Waals surface area contributed by atoms with Crippen molar-refractivity contribution in [3.63, 3.8) is 0 Å². The quantitative estimate of drug-likeness (QED) is 0.121. The Morgan fingerprint density at radius 1 is 0.769 bits per heavy atom. The molecule has 1 atom stereocenters. The van der Waals surface area contributed by atoms with Crippen molar-refractivity contribution in [2.75, 3.05) is 57.7 Å². The van der Waals surface area contributed by atoms with Gasteiger partial charge in [0.2, 0.25) is 0 Å². The minimum atomic E-state index is -3.83. The molecular weight excluding hydrogens is 801 g/mol. The maximum absolute atomic E-state index is 13.2. The van der Waals surface area contributed by atoms with Crippen molar-refractivity contribution in [1.82, 2.24) is 0 Å². The Balaban J connectivity index is 5.20. The summed E-state index contributed by atoms with van der Waals surface area (Å²) in [5.74, 6) is 0.170. The molecule has 0 spiro atoms. The molecule has 1 unspecified atom stereocenters. The van der Waals surface area contributed by atoms with Crippen molar-refractivity contribution in [3.05, 3.63) is 0 Å². The van der Waals surface area contributed by atoms with E-state index in [1.807, 2.05) is 0 Å². The molecule has 0 amide bonds.